The van der Waals surface area contributed by atoms with Crippen molar-refractivity contribution in [1.29, 1.82) is 0 Å². The number of hydrogen-bond donors (Lipinski definition) is 4. The first-order valence-electron chi connectivity index (χ1n) is 8.39. The topological polar surface area (TPSA) is 98.7 Å². The molecule has 0 saturated heterocycles. The summed E-state index contributed by atoms with van der Waals surface area (Å²) in [6.45, 7) is 9.24. The summed E-state index contributed by atoms with van der Waals surface area (Å²) in [4.78, 5) is 21.5. The number of hydrogen-bond acceptors (Lipinski definition) is 3. The van der Waals surface area contributed by atoms with Crippen LogP contribution < -0.4 is 10.6 Å². The third-order valence-corrected chi connectivity index (χ3v) is 4.18. The second-order valence-corrected chi connectivity index (χ2v) is 8.27. The van der Waals surface area contributed by atoms with Crippen LogP contribution in [0.4, 0.5) is 0 Å². The fraction of sp³-hybridized carbons (Fsp3) is 0.824. The molecule has 0 atom stereocenters. The zero-order valence-electron chi connectivity index (χ0n) is 15.3. The van der Waals surface area contributed by atoms with E-state index in [2.05, 4.69) is 10.6 Å². The van der Waals surface area contributed by atoms with E-state index in [0.717, 1.165) is 25.7 Å². The average Bonchev–Trinajstić information content (AvgIpc) is 2.37. The second-order valence-electron chi connectivity index (χ2n) is 7.86. The maximum absolute atomic E-state index is 10.8. The van der Waals surface area contributed by atoms with E-state index in [9.17, 15) is 9.59 Å². The summed E-state index contributed by atoms with van der Waals surface area (Å²) in [7, 11) is 0. The van der Waals surface area contributed by atoms with Crippen LogP contribution in [0.3, 0.4) is 0 Å². The Hall–Kier alpha value is -1.37. The summed E-state index contributed by atoms with van der Waals surface area (Å²) in [5, 5.41) is 24.5. The molecule has 0 aliphatic carbocycles. The van der Waals surface area contributed by atoms with Crippen LogP contribution in [0.25, 0.3) is 0 Å². The Morgan fingerprint density at radius 2 is 1.17 bits per heavy atom. The van der Waals surface area contributed by atoms with Crippen molar-refractivity contribution in [3.63, 3.8) is 0 Å². The summed E-state index contributed by atoms with van der Waals surface area (Å²) in [5.41, 5.74) is -0.420. The van der Waals surface area contributed by atoms with Crippen molar-refractivity contribution >= 4 is 29.3 Å². The molecule has 0 aromatic rings. The Labute approximate surface area is 150 Å². The number of carboxylic acids is 2. The van der Waals surface area contributed by atoms with Gasteiger partial charge in [0.1, 0.15) is 0 Å². The summed E-state index contributed by atoms with van der Waals surface area (Å²) < 4.78 is 0. The molecule has 0 aliphatic heterocycles. The van der Waals surface area contributed by atoms with Crippen molar-refractivity contribution in [2.75, 3.05) is 13.1 Å². The fourth-order valence-electron chi connectivity index (χ4n) is 2.60. The minimum atomic E-state index is -0.768. The Morgan fingerprint density at radius 3 is 1.46 bits per heavy atom. The van der Waals surface area contributed by atoms with Gasteiger partial charge in [-0.2, -0.15) is 0 Å². The third-order valence-electron chi connectivity index (χ3n) is 3.89. The predicted molar refractivity (Wildman–Crippen MR) is 99.1 cm³/mol. The number of carbonyl (C=O) groups is 2. The fourth-order valence-corrected chi connectivity index (χ4v) is 2.80. The van der Waals surface area contributed by atoms with Gasteiger partial charge in [-0.05, 0) is 48.7 Å². The van der Waals surface area contributed by atoms with E-state index >= 15 is 0 Å². The zero-order chi connectivity index (χ0) is 18.8. The van der Waals surface area contributed by atoms with Gasteiger partial charge in [-0.3, -0.25) is 9.59 Å². The SMILES string of the molecule is CC(C)(CCCNC(=S)NCCCC(C)(C)CC(=O)O)CC(=O)O. The van der Waals surface area contributed by atoms with Gasteiger partial charge < -0.3 is 20.8 Å². The van der Waals surface area contributed by atoms with Crippen molar-refractivity contribution in [2.45, 2.75) is 66.2 Å². The minimum Gasteiger partial charge on any atom is -0.481 e. The molecule has 0 bridgehead atoms. The first kappa shape index (κ1) is 22.6. The molecule has 0 saturated carbocycles. The highest BCUT2D eigenvalue weighted by Gasteiger charge is 2.21. The van der Waals surface area contributed by atoms with Crippen LogP contribution in [0.1, 0.15) is 66.2 Å². The first-order valence-corrected chi connectivity index (χ1v) is 8.80. The number of rotatable bonds is 12. The molecule has 0 aromatic carbocycles. The minimum absolute atomic E-state index is 0.168. The molecule has 0 aliphatic rings. The van der Waals surface area contributed by atoms with Crippen LogP contribution in [0.15, 0.2) is 0 Å². The molecular formula is C17H32N2O4S. The first-order chi connectivity index (χ1) is 10.9. The van der Waals surface area contributed by atoms with Crippen LogP contribution in [0.2, 0.25) is 0 Å². The summed E-state index contributed by atoms with van der Waals surface area (Å²) in [5.74, 6) is -1.54. The molecule has 7 heteroatoms. The molecule has 6 nitrogen and oxygen atoms in total. The van der Waals surface area contributed by atoms with E-state index in [1.165, 1.54) is 0 Å². The van der Waals surface area contributed by atoms with E-state index in [0.29, 0.717) is 18.2 Å². The lowest BCUT2D eigenvalue weighted by atomic mass is 9.84. The normalized spacial score (nSPS) is 11.8. The molecule has 0 rings (SSSR count). The van der Waals surface area contributed by atoms with Crippen LogP contribution in [0.5, 0.6) is 0 Å². The Kier molecular flexibility index (Phi) is 9.89. The third kappa shape index (κ3) is 13.1. The highest BCUT2D eigenvalue weighted by molar-refractivity contribution is 7.80. The molecule has 0 heterocycles. The molecule has 0 aromatic heterocycles. The smallest absolute Gasteiger partial charge is 0.303 e. The van der Waals surface area contributed by atoms with Crippen molar-refractivity contribution < 1.29 is 19.8 Å². The monoisotopic (exact) mass is 360 g/mol. The van der Waals surface area contributed by atoms with E-state index in [1.807, 2.05) is 27.7 Å². The molecule has 4 N–H and O–H groups in total. The molecular weight excluding hydrogens is 328 g/mol. The molecule has 0 amide bonds. The lowest BCUT2D eigenvalue weighted by Gasteiger charge is -2.23. The van der Waals surface area contributed by atoms with Gasteiger partial charge in [-0.25, -0.2) is 0 Å². The Bertz CT molecular complexity index is 398. The van der Waals surface area contributed by atoms with Gasteiger partial charge in [0.25, 0.3) is 0 Å². The van der Waals surface area contributed by atoms with E-state index in [1.54, 1.807) is 0 Å². The highest BCUT2D eigenvalue weighted by Crippen LogP contribution is 2.26. The standard InChI is InChI=1S/C17H32N2O4S/c1-16(2,11-13(20)21)7-5-9-18-15(24)19-10-6-8-17(3,4)12-14(22)23/h5-12H2,1-4H3,(H,20,21)(H,22,23)(H2,18,19,24). The lowest BCUT2D eigenvalue weighted by molar-refractivity contribution is -0.140. The predicted octanol–water partition coefficient (Wildman–Crippen LogP) is 3.01. The van der Waals surface area contributed by atoms with E-state index in [4.69, 9.17) is 22.4 Å². The summed E-state index contributed by atoms with van der Waals surface area (Å²) >= 11 is 5.20. The second kappa shape index (κ2) is 10.5. The number of carboxylic acid groups (broad SMARTS) is 2. The Balaban J connectivity index is 3.78. The van der Waals surface area contributed by atoms with Crippen molar-refractivity contribution in [1.82, 2.24) is 10.6 Å². The molecule has 0 spiro atoms. The average molecular weight is 361 g/mol. The Morgan fingerprint density at radius 1 is 0.833 bits per heavy atom. The maximum Gasteiger partial charge on any atom is 0.303 e. The number of aliphatic carboxylic acids is 2. The van der Waals surface area contributed by atoms with Crippen molar-refractivity contribution in [3.05, 3.63) is 0 Å². The summed E-state index contributed by atoms with van der Waals surface area (Å²) in [6.07, 6.45) is 3.68. The largest absolute Gasteiger partial charge is 0.481 e. The quantitative estimate of drug-likeness (QED) is 0.314. The van der Waals surface area contributed by atoms with E-state index in [-0.39, 0.29) is 23.7 Å². The zero-order valence-corrected chi connectivity index (χ0v) is 16.1. The molecule has 140 valence electrons. The van der Waals surface area contributed by atoms with Gasteiger partial charge in [0.15, 0.2) is 5.11 Å². The highest BCUT2D eigenvalue weighted by atomic mass is 32.1. The van der Waals surface area contributed by atoms with Gasteiger partial charge in [-0.15, -0.1) is 0 Å². The molecule has 0 unspecified atom stereocenters. The number of thiocarbonyl (C=S) groups is 1. The van der Waals surface area contributed by atoms with E-state index < -0.39 is 11.9 Å². The van der Waals surface area contributed by atoms with Crippen molar-refractivity contribution in [3.8, 4) is 0 Å². The van der Waals surface area contributed by atoms with Crippen LogP contribution in [-0.2, 0) is 9.59 Å². The molecule has 0 radical (unpaired) electrons. The van der Waals surface area contributed by atoms with Gasteiger partial charge >= 0.3 is 11.9 Å². The van der Waals surface area contributed by atoms with Crippen LogP contribution in [-0.4, -0.2) is 40.4 Å². The molecule has 24 heavy (non-hydrogen) atoms. The summed E-state index contributed by atoms with van der Waals surface area (Å²) in [6, 6.07) is 0. The lowest BCUT2D eigenvalue weighted by Crippen LogP contribution is -2.37. The van der Waals surface area contributed by atoms with Crippen LogP contribution in [0, 0.1) is 10.8 Å². The molecule has 0 fully saturated rings. The maximum atomic E-state index is 10.8. The van der Waals surface area contributed by atoms with Crippen LogP contribution >= 0.6 is 12.2 Å². The van der Waals surface area contributed by atoms with Gasteiger partial charge in [0.05, 0.1) is 12.8 Å². The number of nitrogens with one attached hydrogen (secondary N) is 2. The van der Waals surface area contributed by atoms with Gasteiger partial charge in [-0.1, -0.05) is 27.7 Å². The van der Waals surface area contributed by atoms with Gasteiger partial charge in [0, 0.05) is 13.1 Å². The van der Waals surface area contributed by atoms with Gasteiger partial charge in [0.2, 0.25) is 0 Å². The van der Waals surface area contributed by atoms with Crippen molar-refractivity contribution in [2.24, 2.45) is 10.8 Å².